The Morgan fingerprint density at radius 2 is 2.07 bits per heavy atom. The van der Waals surface area contributed by atoms with Gasteiger partial charge >= 0.3 is 0 Å². The van der Waals surface area contributed by atoms with Gasteiger partial charge in [0.25, 0.3) is 10.0 Å². The van der Waals surface area contributed by atoms with Crippen LogP contribution in [0.2, 0.25) is 0 Å². The number of benzene rings is 1. The van der Waals surface area contributed by atoms with Crippen LogP contribution in [-0.2, 0) is 14.8 Å². The molecule has 0 radical (unpaired) electrons. The maximum Gasteiger partial charge on any atom is 0.263 e. The van der Waals surface area contributed by atoms with Crippen LogP contribution in [0.25, 0.3) is 0 Å². The smallest absolute Gasteiger partial charge is 0.263 e. The largest absolute Gasteiger partial charge is 0.309 e. The van der Waals surface area contributed by atoms with Crippen LogP contribution >= 0.6 is 0 Å². The van der Waals surface area contributed by atoms with E-state index in [0.717, 1.165) is 18.4 Å². The van der Waals surface area contributed by atoms with E-state index in [1.165, 1.54) is 6.07 Å². The molecule has 2 aromatic rings. The molecule has 1 aliphatic heterocycles. The lowest BCUT2D eigenvalue weighted by Gasteiger charge is -2.13. The highest BCUT2D eigenvalue weighted by Gasteiger charge is 2.31. The van der Waals surface area contributed by atoms with Gasteiger partial charge in [-0.25, -0.2) is 13.4 Å². The van der Waals surface area contributed by atoms with Crippen molar-refractivity contribution < 1.29 is 13.2 Å². The number of carbonyl (C=O) groups is 1. The second-order valence-electron chi connectivity index (χ2n) is 6.45. The molecule has 2 heterocycles. The van der Waals surface area contributed by atoms with Gasteiger partial charge in [-0.05, 0) is 43.2 Å². The van der Waals surface area contributed by atoms with Crippen molar-refractivity contribution in [3.05, 3.63) is 53.7 Å². The fourth-order valence-corrected chi connectivity index (χ4v) is 4.09. The molecule has 0 saturated heterocycles. The average molecular weight is 386 g/mol. The molecule has 0 bridgehead atoms. The zero-order chi connectivity index (χ0) is 19.4. The Hall–Kier alpha value is -2.74. The average Bonchev–Trinajstić information content (AvgIpc) is 2.89. The Labute approximate surface area is 159 Å². The first kappa shape index (κ1) is 19.0. The summed E-state index contributed by atoms with van der Waals surface area (Å²) in [6, 6.07) is 9.52. The van der Waals surface area contributed by atoms with Crippen molar-refractivity contribution in [2.75, 3.05) is 5.32 Å². The number of amides is 1. The monoisotopic (exact) mass is 386 g/mol. The molecule has 1 amide bonds. The normalized spacial score (nSPS) is 17.2. The third kappa shape index (κ3) is 4.33. The van der Waals surface area contributed by atoms with E-state index in [2.05, 4.69) is 20.0 Å². The molecule has 27 heavy (non-hydrogen) atoms. The van der Waals surface area contributed by atoms with Gasteiger partial charge in [-0.1, -0.05) is 31.9 Å². The number of anilines is 1. The number of aliphatic imine (C=N–C) groups is 1. The number of carbonyl (C=O) groups excluding carboxylic acids is 1. The van der Waals surface area contributed by atoms with Crippen molar-refractivity contribution in [2.45, 2.75) is 44.0 Å². The van der Waals surface area contributed by atoms with E-state index in [1.54, 1.807) is 30.5 Å². The van der Waals surface area contributed by atoms with E-state index >= 15 is 0 Å². The SMILES string of the molecule is CCCC[C@H](N=C1NS(=O)(=O)c2ccccc21)C(=O)Nc1cc(C)ccn1. The molecule has 0 saturated carbocycles. The van der Waals surface area contributed by atoms with Crippen LogP contribution in [0.1, 0.15) is 37.3 Å². The van der Waals surface area contributed by atoms with Gasteiger partial charge < -0.3 is 5.32 Å². The predicted molar refractivity (Wildman–Crippen MR) is 104 cm³/mol. The summed E-state index contributed by atoms with van der Waals surface area (Å²) >= 11 is 0. The fraction of sp³-hybridized carbons (Fsp3) is 0.316. The number of sulfonamides is 1. The number of amidine groups is 1. The lowest BCUT2D eigenvalue weighted by atomic mass is 10.1. The highest BCUT2D eigenvalue weighted by Crippen LogP contribution is 2.23. The van der Waals surface area contributed by atoms with Gasteiger partial charge in [0.1, 0.15) is 17.7 Å². The number of hydrogen-bond donors (Lipinski definition) is 2. The molecule has 1 aromatic heterocycles. The van der Waals surface area contributed by atoms with Crippen LogP contribution < -0.4 is 10.0 Å². The van der Waals surface area contributed by atoms with Gasteiger partial charge in [0.2, 0.25) is 5.91 Å². The van der Waals surface area contributed by atoms with Crippen LogP contribution in [0, 0.1) is 6.92 Å². The Balaban J connectivity index is 1.89. The van der Waals surface area contributed by atoms with Gasteiger partial charge in [0.15, 0.2) is 0 Å². The minimum absolute atomic E-state index is 0.179. The van der Waals surface area contributed by atoms with E-state index in [-0.39, 0.29) is 16.6 Å². The van der Waals surface area contributed by atoms with Crippen LogP contribution in [0.4, 0.5) is 5.82 Å². The van der Waals surface area contributed by atoms with Crippen LogP contribution in [0.15, 0.2) is 52.5 Å². The second kappa shape index (κ2) is 7.87. The van der Waals surface area contributed by atoms with E-state index in [9.17, 15) is 13.2 Å². The van der Waals surface area contributed by atoms with Gasteiger partial charge in [-0.15, -0.1) is 0 Å². The van der Waals surface area contributed by atoms with E-state index in [1.807, 2.05) is 19.9 Å². The Bertz CT molecular complexity index is 986. The molecule has 1 atom stereocenters. The van der Waals surface area contributed by atoms with Crippen molar-refractivity contribution in [2.24, 2.45) is 4.99 Å². The summed E-state index contributed by atoms with van der Waals surface area (Å²) in [7, 11) is -3.64. The summed E-state index contributed by atoms with van der Waals surface area (Å²) in [4.78, 5) is 21.5. The number of nitrogens with one attached hydrogen (secondary N) is 2. The maximum atomic E-state index is 12.8. The standard InChI is InChI=1S/C19H22N4O3S/c1-3-4-8-15(19(24)22-17-12-13(2)10-11-20-17)21-18-14-7-5-6-9-16(14)27(25,26)23-18/h5-7,9-12,15H,3-4,8H2,1-2H3,(H,21,23)(H,20,22,24)/t15-/m0/s1. The molecule has 3 rings (SSSR count). The Kier molecular flexibility index (Phi) is 5.55. The number of fused-ring (bicyclic) bond motifs is 1. The maximum absolute atomic E-state index is 12.8. The summed E-state index contributed by atoms with van der Waals surface area (Å²) < 4.78 is 27.0. The highest BCUT2D eigenvalue weighted by atomic mass is 32.2. The molecule has 0 unspecified atom stereocenters. The molecule has 142 valence electrons. The molecule has 1 aromatic carbocycles. The summed E-state index contributed by atoms with van der Waals surface area (Å²) in [5.74, 6) is 0.353. The van der Waals surface area contributed by atoms with Crippen molar-refractivity contribution in [3.8, 4) is 0 Å². The first-order chi connectivity index (χ1) is 12.9. The number of hydrogen-bond acceptors (Lipinski definition) is 5. The zero-order valence-corrected chi connectivity index (χ0v) is 16.1. The predicted octanol–water partition coefficient (Wildman–Crippen LogP) is 2.63. The fourth-order valence-electron chi connectivity index (χ4n) is 2.85. The Morgan fingerprint density at radius 3 is 2.81 bits per heavy atom. The van der Waals surface area contributed by atoms with E-state index in [0.29, 0.717) is 17.8 Å². The molecule has 7 nitrogen and oxygen atoms in total. The van der Waals surface area contributed by atoms with Gasteiger partial charge in [0.05, 0.1) is 4.90 Å². The van der Waals surface area contributed by atoms with E-state index < -0.39 is 16.1 Å². The minimum atomic E-state index is -3.64. The van der Waals surface area contributed by atoms with Crippen molar-refractivity contribution >= 4 is 27.6 Å². The number of rotatable bonds is 6. The highest BCUT2D eigenvalue weighted by molar-refractivity contribution is 7.90. The molecular weight excluding hydrogens is 364 g/mol. The summed E-state index contributed by atoms with van der Waals surface area (Å²) in [6.07, 6.45) is 3.84. The lowest BCUT2D eigenvalue weighted by molar-refractivity contribution is -0.117. The second-order valence-corrected chi connectivity index (χ2v) is 8.10. The molecule has 0 fully saturated rings. The number of pyridine rings is 1. The van der Waals surface area contributed by atoms with Gasteiger partial charge in [-0.2, -0.15) is 0 Å². The molecule has 2 N–H and O–H groups in total. The number of nitrogens with zero attached hydrogens (tertiary/aromatic N) is 2. The molecule has 0 spiro atoms. The number of aromatic nitrogens is 1. The molecule has 1 aliphatic rings. The topological polar surface area (TPSA) is 101 Å². The first-order valence-corrected chi connectivity index (χ1v) is 10.3. The van der Waals surface area contributed by atoms with Crippen molar-refractivity contribution in [1.29, 1.82) is 0 Å². The number of aryl methyl sites for hydroxylation is 1. The zero-order valence-electron chi connectivity index (χ0n) is 15.3. The summed E-state index contributed by atoms with van der Waals surface area (Å²) in [5.41, 5.74) is 1.47. The van der Waals surface area contributed by atoms with Gasteiger partial charge in [0, 0.05) is 11.8 Å². The molecular formula is C19H22N4O3S. The minimum Gasteiger partial charge on any atom is -0.309 e. The third-order valence-corrected chi connectivity index (χ3v) is 5.65. The van der Waals surface area contributed by atoms with Crippen LogP contribution in [-0.4, -0.2) is 31.2 Å². The van der Waals surface area contributed by atoms with Crippen molar-refractivity contribution in [3.63, 3.8) is 0 Å². The van der Waals surface area contributed by atoms with Crippen molar-refractivity contribution in [1.82, 2.24) is 9.71 Å². The van der Waals surface area contributed by atoms with Crippen LogP contribution in [0.3, 0.4) is 0 Å². The van der Waals surface area contributed by atoms with Gasteiger partial charge in [-0.3, -0.25) is 14.5 Å². The molecule has 8 heteroatoms. The Morgan fingerprint density at radius 1 is 1.30 bits per heavy atom. The molecule has 0 aliphatic carbocycles. The summed E-state index contributed by atoms with van der Waals surface area (Å²) in [6.45, 7) is 3.94. The third-order valence-electron chi connectivity index (χ3n) is 4.25. The van der Waals surface area contributed by atoms with Crippen LogP contribution in [0.5, 0.6) is 0 Å². The quantitative estimate of drug-likeness (QED) is 0.797. The number of unbranched alkanes of at least 4 members (excludes halogenated alkanes) is 1. The first-order valence-electron chi connectivity index (χ1n) is 8.84. The lowest BCUT2D eigenvalue weighted by Crippen LogP contribution is -2.31. The summed E-state index contributed by atoms with van der Waals surface area (Å²) in [5, 5.41) is 2.78. The van der Waals surface area contributed by atoms with E-state index in [4.69, 9.17) is 0 Å².